The molecule has 1 aromatic heterocycles. The van der Waals surface area contributed by atoms with Gasteiger partial charge >= 0.3 is 12.2 Å². The van der Waals surface area contributed by atoms with Crippen LogP contribution in [0.4, 0.5) is 27.0 Å². The van der Waals surface area contributed by atoms with E-state index in [0.29, 0.717) is 50.0 Å². The number of hydrogen-bond donors (Lipinski definition) is 2. The van der Waals surface area contributed by atoms with Crippen LogP contribution >= 0.6 is 11.6 Å². The molecule has 12 nitrogen and oxygen atoms in total. The highest BCUT2D eigenvalue weighted by Crippen LogP contribution is 2.29. The molecule has 0 radical (unpaired) electrons. The molecule has 0 unspecified atom stereocenters. The summed E-state index contributed by atoms with van der Waals surface area (Å²) in [6.45, 7) is 8.88. The molecule has 13 heteroatoms. The number of rotatable bonds is 5. The summed E-state index contributed by atoms with van der Waals surface area (Å²) in [6.07, 6.45) is 0.452. The van der Waals surface area contributed by atoms with Crippen molar-refractivity contribution < 1.29 is 28.3 Å². The van der Waals surface area contributed by atoms with Crippen molar-refractivity contribution in [3.63, 3.8) is 0 Å². The number of hydrogen-bond acceptors (Lipinski definition) is 9. The predicted octanol–water partition coefficient (Wildman–Crippen LogP) is 3.29. The van der Waals surface area contributed by atoms with E-state index in [1.165, 1.54) is 6.26 Å². The van der Waals surface area contributed by atoms with Gasteiger partial charge in [0.1, 0.15) is 11.9 Å². The molecule has 37 heavy (non-hydrogen) atoms. The summed E-state index contributed by atoms with van der Waals surface area (Å²) in [7, 11) is 0. The van der Waals surface area contributed by atoms with Gasteiger partial charge in [-0.1, -0.05) is 11.6 Å². The highest BCUT2D eigenvalue weighted by molar-refractivity contribution is 6.34. The summed E-state index contributed by atoms with van der Waals surface area (Å²) in [5.41, 5.74) is 6.21. The van der Waals surface area contributed by atoms with Crippen LogP contribution < -0.4 is 16.0 Å². The Bertz CT molecular complexity index is 1150. The third-order valence-corrected chi connectivity index (χ3v) is 6.24. The van der Waals surface area contributed by atoms with E-state index in [2.05, 4.69) is 15.2 Å². The largest absolute Gasteiger partial charge is 0.449 e. The van der Waals surface area contributed by atoms with Gasteiger partial charge in [-0.2, -0.15) is 4.98 Å². The van der Waals surface area contributed by atoms with Crippen molar-refractivity contribution in [1.29, 1.82) is 0 Å². The van der Waals surface area contributed by atoms with Gasteiger partial charge in [0, 0.05) is 50.9 Å². The van der Waals surface area contributed by atoms with E-state index in [0.717, 1.165) is 5.69 Å². The summed E-state index contributed by atoms with van der Waals surface area (Å²) in [5.74, 6) is -0.387. The van der Waals surface area contributed by atoms with Crippen molar-refractivity contribution in [1.82, 2.24) is 14.8 Å². The minimum Gasteiger partial charge on any atom is -0.449 e. The topological polar surface area (TPSA) is 143 Å². The maximum atomic E-state index is 12.5. The van der Waals surface area contributed by atoms with Crippen molar-refractivity contribution in [2.75, 3.05) is 61.8 Å². The molecule has 3 N–H and O–H groups in total. The number of nitrogens with two attached hydrogens (primary N) is 1. The number of ether oxygens (including phenoxy) is 2. The number of nitrogen functional groups attached to an aromatic ring is 1. The number of benzene rings is 1. The maximum Gasteiger partial charge on any atom is 0.410 e. The van der Waals surface area contributed by atoms with Gasteiger partial charge in [-0.15, -0.1) is 0 Å². The molecule has 0 atom stereocenters. The zero-order valence-corrected chi connectivity index (χ0v) is 21.8. The number of amides is 3. The van der Waals surface area contributed by atoms with Crippen LogP contribution in [-0.2, 0) is 9.47 Å². The van der Waals surface area contributed by atoms with E-state index in [4.69, 9.17) is 31.2 Å². The molecule has 2 aliphatic heterocycles. The number of halogens is 1. The van der Waals surface area contributed by atoms with Crippen LogP contribution in [0.3, 0.4) is 0 Å². The van der Waals surface area contributed by atoms with Crippen molar-refractivity contribution in [2.45, 2.75) is 26.4 Å². The van der Waals surface area contributed by atoms with Crippen LogP contribution in [0.25, 0.3) is 0 Å². The SMILES string of the molecule is CC(C)(C)OC(=O)N1CC(COC(=O)N2CCN(c3ccc(Cl)c(NC(=O)c4coc(N)n4)c3)CC2)C1. The Morgan fingerprint density at radius 3 is 2.46 bits per heavy atom. The highest BCUT2D eigenvalue weighted by atomic mass is 35.5. The summed E-state index contributed by atoms with van der Waals surface area (Å²) in [6, 6.07) is 5.22. The zero-order chi connectivity index (χ0) is 26.7. The molecule has 4 rings (SSSR count). The smallest absolute Gasteiger partial charge is 0.410 e. The Balaban J connectivity index is 1.22. The number of nitrogens with zero attached hydrogens (tertiary/aromatic N) is 4. The molecule has 2 aliphatic rings. The monoisotopic (exact) mass is 534 g/mol. The maximum absolute atomic E-state index is 12.5. The predicted molar refractivity (Wildman–Crippen MR) is 137 cm³/mol. The lowest BCUT2D eigenvalue weighted by molar-refractivity contribution is -0.0142. The van der Waals surface area contributed by atoms with Crippen molar-refractivity contribution >= 4 is 47.1 Å². The first-order valence-electron chi connectivity index (χ1n) is 11.9. The summed E-state index contributed by atoms with van der Waals surface area (Å²) in [4.78, 5) is 46.1. The molecule has 200 valence electrons. The standard InChI is InChI=1S/C24H31ClN6O6/c1-24(2,3)37-23(34)31-11-15(12-31)13-36-22(33)30-8-6-29(7-9-30)16-4-5-17(25)18(10-16)27-20(32)19-14-35-21(26)28-19/h4-5,10,14-15H,6-9,11-13H2,1-3H3,(H2,26,28)(H,27,32). The van der Waals surface area contributed by atoms with E-state index in [1.807, 2.05) is 26.8 Å². The van der Waals surface area contributed by atoms with Crippen LogP contribution in [0.1, 0.15) is 31.3 Å². The van der Waals surface area contributed by atoms with Crippen molar-refractivity contribution in [3.05, 3.63) is 35.2 Å². The van der Waals surface area contributed by atoms with Gasteiger partial charge in [0.25, 0.3) is 11.9 Å². The minimum absolute atomic E-state index is 0.0468. The first kappa shape index (κ1) is 26.4. The lowest BCUT2D eigenvalue weighted by Crippen LogP contribution is -2.54. The number of carbonyl (C=O) groups excluding carboxylic acids is 3. The Morgan fingerprint density at radius 1 is 1.14 bits per heavy atom. The molecule has 2 fully saturated rings. The van der Waals surface area contributed by atoms with E-state index in [9.17, 15) is 14.4 Å². The van der Waals surface area contributed by atoms with E-state index >= 15 is 0 Å². The molecule has 0 saturated carbocycles. The van der Waals surface area contributed by atoms with E-state index in [1.54, 1.807) is 21.9 Å². The summed E-state index contributed by atoms with van der Waals surface area (Å²) >= 11 is 6.27. The second-order valence-electron chi connectivity index (χ2n) is 9.99. The second kappa shape index (κ2) is 10.8. The van der Waals surface area contributed by atoms with Gasteiger partial charge in [-0.3, -0.25) is 4.79 Å². The van der Waals surface area contributed by atoms with Gasteiger partial charge in [0.05, 0.1) is 17.3 Å². The lowest BCUT2D eigenvalue weighted by atomic mass is 10.0. The number of piperazine rings is 1. The summed E-state index contributed by atoms with van der Waals surface area (Å²) < 4.78 is 15.7. The third kappa shape index (κ3) is 6.76. The number of aromatic nitrogens is 1. The van der Waals surface area contributed by atoms with Crippen LogP contribution in [0.2, 0.25) is 5.02 Å². The first-order valence-corrected chi connectivity index (χ1v) is 12.3. The molecule has 0 spiro atoms. The number of nitrogens with one attached hydrogen (secondary N) is 1. The van der Waals surface area contributed by atoms with Crippen LogP contribution in [0, 0.1) is 5.92 Å². The van der Waals surface area contributed by atoms with Crippen LogP contribution in [-0.4, -0.2) is 84.4 Å². The number of carbonyl (C=O) groups is 3. The molecule has 1 aromatic carbocycles. The minimum atomic E-state index is -0.537. The van der Waals surface area contributed by atoms with Crippen LogP contribution in [0.15, 0.2) is 28.9 Å². The molecular weight excluding hydrogens is 504 g/mol. The molecule has 3 heterocycles. The van der Waals surface area contributed by atoms with Crippen LogP contribution in [0.5, 0.6) is 0 Å². The normalized spacial score (nSPS) is 16.3. The third-order valence-electron chi connectivity index (χ3n) is 5.91. The van der Waals surface area contributed by atoms with Gasteiger partial charge in [0.15, 0.2) is 5.69 Å². The fourth-order valence-electron chi connectivity index (χ4n) is 3.96. The fraction of sp³-hybridized carbons (Fsp3) is 0.500. The fourth-order valence-corrected chi connectivity index (χ4v) is 4.13. The number of anilines is 3. The average Bonchev–Trinajstić information content (AvgIpc) is 3.24. The molecule has 2 saturated heterocycles. The summed E-state index contributed by atoms with van der Waals surface area (Å²) in [5, 5.41) is 3.09. The Labute approximate surface area is 219 Å². The van der Waals surface area contributed by atoms with Crippen molar-refractivity contribution in [2.24, 2.45) is 5.92 Å². The Kier molecular flexibility index (Phi) is 7.67. The van der Waals surface area contributed by atoms with E-state index in [-0.39, 0.29) is 36.4 Å². The molecule has 2 aromatic rings. The van der Waals surface area contributed by atoms with Gasteiger partial charge in [-0.25, -0.2) is 9.59 Å². The van der Waals surface area contributed by atoms with Gasteiger partial charge in [0.2, 0.25) is 0 Å². The second-order valence-corrected chi connectivity index (χ2v) is 10.4. The molecule has 0 bridgehead atoms. The first-order chi connectivity index (χ1) is 17.5. The number of likely N-dealkylation sites (tertiary alicyclic amines) is 1. The van der Waals surface area contributed by atoms with E-state index < -0.39 is 11.5 Å². The average molecular weight is 535 g/mol. The quantitative estimate of drug-likeness (QED) is 0.590. The van der Waals surface area contributed by atoms with Gasteiger partial charge in [-0.05, 0) is 39.0 Å². The van der Waals surface area contributed by atoms with Gasteiger partial charge < -0.3 is 39.6 Å². The molecule has 0 aliphatic carbocycles. The number of oxazole rings is 1. The molecule has 3 amide bonds. The zero-order valence-electron chi connectivity index (χ0n) is 21.0. The lowest BCUT2D eigenvalue weighted by Gasteiger charge is -2.40. The van der Waals surface area contributed by atoms with Crippen molar-refractivity contribution in [3.8, 4) is 0 Å². The Hall–Kier alpha value is -3.67. The molecular formula is C24H31ClN6O6. The Morgan fingerprint density at radius 2 is 1.84 bits per heavy atom. The highest BCUT2D eigenvalue weighted by Gasteiger charge is 2.35.